The topological polar surface area (TPSA) is 43.8 Å². The van der Waals surface area contributed by atoms with Gasteiger partial charge in [-0.3, -0.25) is 0 Å². The summed E-state index contributed by atoms with van der Waals surface area (Å²) >= 11 is 3.48. The van der Waals surface area contributed by atoms with Gasteiger partial charge in [0, 0.05) is 24.0 Å². The van der Waals surface area contributed by atoms with Gasteiger partial charge in [-0.2, -0.15) is 0 Å². The highest BCUT2D eigenvalue weighted by atomic mass is 79.9. The molecule has 1 fully saturated rings. The number of aromatic nitrogens is 2. The minimum atomic E-state index is 0.154. The summed E-state index contributed by atoms with van der Waals surface area (Å²) in [6.07, 6.45) is 6.74. The van der Waals surface area contributed by atoms with Gasteiger partial charge in [0.05, 0.1) is 0 Å². The molecule has 1 aromatic heterocycles. The Kier molecular flexibility index (Phi) is 1.80. The molecule has 2 N–H and O–H groups in total. The first-order valence-corrected chi connectivity index (χ1v) is 5.97. The first-order chi connectivity index (χ1) is 6.69. The van der Waals surface area contributed by atoms with E-state index >= 15 is 0 Å². The van der Waals surface area contributed by atoms with Crippen LogP contribution in [0.2, 0.25) is 0 Å². The first-order valence-electron chi connectivity index (χ1n) is 5.18. The van der Waals surface area contributed by atoms with Gasteiger partial charge >= 0.3 is 0 Å². The van der Waals surface area contributed by atoms with Crippen LogP contribution in [-0.4, -0.2) is 15.1 Å². The minimum Gasteiger partial charge on any atom is -0.325 e. The van der Waals surface area contributed by atoms with E-state index in [-0.39, 0.29) is 5.54 Å². The van der Waals surface area contributed by atoms with Crippen molar-refractivity contribution in [3.05, 3.63) is 16.6 Å². The molecule has 1 aliphatic carbocycles. The summed E-state index contributed by atoms with van der Waals surface area (Å²) in [5.41, 5.74) is 7.75. The zero-order chi connectivity index (χ0) is 9.76. The zero-order valence-corrected chi connectivity index (χ0v) is 9.63. The Hall–Kier alpha value is -0.350. The molecule has 1 unspecified atom stereocenters. The monoisotopic (exact) mass is 255 g/mol. The summed E-state index contributed by atoms with van der Waals surface area (Å²) in [4.78, 5) is 4.27. The van der Waals surface area contributed by atoms with Crippen LogP contribution in [0.3, 0.4) is 0 Å². The van der Waals surface area contributed by atoms with Crippen LogP contribution in [0, 0.1) is 5.92 Å². The number of nitrogens with zero attached hydrogens (tertiary/aromatic N) is 2. The summed E-state index contributed by atoms with van der Waals surface area (Å²) in [5, 5.41) is 0. The lowest BCUT2D eigenvalue weighted by molar-refractivity contribution is 0.295. The quantitative estimate of drug-likeness (QED) is 0.831. The largest absolute Gasteiger partial charge is 0.325 e. The lowest BCUT2D eigenvalue weighted by Crippen LogP contribution is -2.38. The third kappa shape index (κ3) is 1.24. The number of fused-ring (bicyclic) bond motifs is 1. The summed E-state index contributed by atoms with van der Waals surface area (Å²) in [7, 11) is 0. The van der Waals surface area contributed by atoms with Crippen molar-refractivity contribution in [2.75, 3.05) is 0 Å². The Morgan fingerprint density at radius 1 is 1.57 bits per heavy atom. The van der Waals surface area contributed by atoms with Crippen LogP contribution in [0.5, 0.6) is 0 Å². The van der Waals surface area contributed by atoms with Crippen molar-refractivity contribution in [3.8, 4) is 0 Å². The zero-order valence-electron chi connectivity index (χ0n) is 8.04. The summed E-state index contributed by atoms with van der Waals surface area (Å²) in [6.45, 7) is 1.05. The molecule has 0 aromatic carbocycles. The molecule has 0 radical (unpaired) electrons. The highest BCUT2D eigenvalue weighted by Crippen LogP contribution is 2.44. The number of rotatable bonds is 1. The highest BCUT2D eigenvalue weighted by Gasteiger charge is 2.46. The Morgan fingerprint density at radius 3 is 3.07 bits per heavy atom. The number of halogens is 1. The van der Waals surface area contributed by atoms with E-state index in [1.807, 2.05) is 6.20 Å². The number of hydrogen-bond acceptors (Lipinski definition) is 2. The Bertz CT molecular complexity index is 367. The molecule has 3 nitrogen and oxygen atoms in total. The molecule has 1 aromatic rings. The molecule has 0 bridgehead atoms. The van der Waals surface area contributed by atoms with Crippen molar-refractivity contribution in [1.82, 2.24) is 9.55 Å². The number of nitrogens with two attached hydrogens (primary N) is 1. The van der Waals surface area contributed by atoms with Crippen LogP contribution in [0.25, 0.3) is 0 Å². The maximum absolute atomic E-state index is 6.25. The second kappa shape index (κ2) is 2.83. The van der Waals surface area contributed by atoms with Crippen molar-refractivity contribution < 1.29 is 0 Å². The highest BCUT2D eigenvalue weighted by molar-refractivity contribution is 9.10. The van der Waals surface area contributed by atoms with E-state index in [0.29, 0.717) is 5.92 Å². The van der Waals surface area contributed by atoms with E-state index in [2.05, 4.69) is 25.5 Å². The molecule has 1 atom stereocenters. The molecule has 1 aliphatic heterocycles. The fourth-order valence-corrected chi connectivity index (χ4v) is 2.91. The van der Waals surface area contributed by atoms with Gasteiger partial charge in [-0.1, -0.05) is 0 Å². The van der Waals surface area contributed by atoms with Gasteiger partial charge in [0.25, 0.3) is 0 Å². The van der Waals surface area contributed by atoms with Gasteiger partial charge in [0.2, 0.25) is 0 Å². The molecule has 0 spiro atoms. The molecular weight excluding hydrogens is 242 g/mol. The standard InChI is InChI=1S/C10H14BrN3/c11-9-13-5-8-2-1-7(6-14(8)9)10(12)3-4-10/h5,7H,1-4,6,12H2. The van der Waals surface area contributed by atoms with Crippen molar-refractivity contribution >= 4 is 15.9 Å². The van der Waals surface area contributed by atoms with Crippen LogP contribution in [-0.2, 0) is 13.0 Å². The van der Waals surface area contributed by atoms with Crippen molar-refractivity contribution in [1.29, 1.82) is 0 Å². The summed E-state index contributed by atoms with van der Waals surface area (Å²) < 4.78 is 3.22. The summed E-state index contributed by atoms with van der Waals surface area (Å²) in [6, 6.07) is 0. The normalized spacial score (nSPS) is 28.6. The van der Waals surface area contributed by atoms with Gasteiger partial charge < -0.3 is 10.3 Å². The van der Waals surface area contributed by atoms with Crippen LogP contribution in [0.1, 0.15) is 25.0 Å². The second-order valence-electron chi connectivity index (χ2n) is 4.60. The lowest BCUT2D eigenvalue weighted by Gasteiger charge is -2.29. The Morgan fingerprint density at radius 2 is 2.36 bits per heavy atom. The third-order valence-corrected chi connectivity index (χ3v) is 4.31. The number of hydrogen-bond donors (Lipinski definition) is 1. The van der Waals surface area contributed by atoms with Crippen LogP contribution >= 0.6 is 15.9 Å². The number of imidazole rings is 1. The third-order valence-electron chi connectivity index (χ3n) is 3.68. The smallest absolute Gasteiger partial charge is 0.177 e. The average Bonchev–Trinajstić information content (AvgIpc) is 2.84. The summed E-state index contributed by atoms with van der Waals surface area (Å²) in [5.74, 6) is 0.653. The SMILES string of the molecule is NC1(C2CCc3cnc(Br)n3C2)CC1. The van der Waals surface area contributed by atoms with Gasteiger partial charge in [-0.05, 0) is 47.5 Å². The van der Waals surface area contributed by atoms with Gasteiger partial charge in [0.15, 0.2) is 4.73 Å². The van der Waals surface area contributed by atoms with Crippen LogP contribution < -0.4 is 5.73 Å². The molecule has 2 aliphatic rings. The molecule has 0 saturated heterocycles. The van der Waals surface area contributed by atoms with Gasteiger partial charge in [0.1, 0.15) is 0 Å². The number of aryl methyl sites for hydroxylation is 1. The Labute approximate surface area is 91.8 Å². The lowest BCUT2D eigenvalue weighted by atomic mass is 9.89. The molecular formula is C10H14BrN3. The molecule has 14 heavy (non-hydrogen) atoms. The average molecular weight is 256 g/mol. The van der Waals surface area contributed by atoms with Crippen molar-refractivity contribution in [2.24, 2.45) is 11.7 Å². The van der Waals surface area contributed by atoms with Crippen molar-refractivity contribution in [3.63, 3.8) is 0 Å². The predicted molar refractivity (Wildman–Crippen MR) is 57.9 cm³/mol. The predicted octanol–water partition coefficient (Wildman–Crippen LogP) is 1.70. The van der Waals surface area contributed by atoms with E-state index in [1.54, 1.807) is 0 Å². The van der Waals surface area contributed by atoms with Crippen LogP contribution in [0.15, 0.2) is 10.9 Å². The fraction of sp³-hybridized carbons (Fsp3) is 0.700. The molecule has 3 rings (SSSR count). The van der Waals surface area contributed by atoms with E-state index in [1.165, 1.54) is 25.0 Å². The van der Waals surface area contributed by atoms with Crippen LogP contribution in [0.4, 0.5) is 0 Å². The van der Waals surface area contributed by atoms with E-state index in [4.69, 9.17) is 5.73 Å². The molecule has 4 heteroatoms. The van der Waals surface area contributed by atoms with E-state index in [0.717, 1.165) is 17.7 Å². The molecule has 76 valence electrons. The molecule has 2 heterocycles. The van der Waals surface area contributed by atoms with E-state index < -0.39 is 0 Å². The first kappa shape index (κ1) is 8.92. The second-order valence-corrected chi connectivity index (χ2v) is 5.31. The maximum atomic E-state index is 6.25. The van der Waals surface area contributed by atoms with Gasteiger partial charge in [-0.25, -0.2) is 4.98 Å². The van der Waals surface area contributed by atoms with Crippen molar-refractivity contribution in [2.45, 2.75) is 37.8 Å². The van der Waals surface area contributed by atoms with E-state index in [9.17, 15) is 0 Å². The molecule has 0 amide bonds. The molecule has 1 saturated carbocycles. The van der Waals surface area contributed by atoms with Gasteiger partial charge in [-0.15, -0.1) is 0 Å². The fourth-order valence-electron chi connectivity index (χ4n) is 2.43. The maximum Gasteiger partial charge on any atom is 0.177 e. The Balaban J connectivity index is 1.88. The minimum absolute atomic E-state index is 0.154.